The highest BCUT2D eigenvalue weighted by molar-refractivity contribution is 6.21. The summed E-state index contributed by atoms with van der Waals surface area (Å²) in [6.45, 7) is 7.07. The molecule has 44 heavy (non-hydrogen) atoms. The number of rotatable bonds is 6. The molecule has 10 atom stereocenters. The number of amides is 2. The zero-order valence-electron chi connectivity index (χ0n) is 25.5. The lowest BCUT2D eigenvalue weighted by Gasteiger charge is -2.55. The predicted molar refractivity (Wildman–Crippen MR) is 158 cm³/mol. The number of aliphatic hydroxyl groups excluding tert-OH is 1. The SMILES string of the molecule is CCC1C(N2CCN(C(=O)C3NCCCC3O)CC2)C(=O)C2NCC(C)NC2N1CC(=O)NC1CCC(C(F)(F)F)CC1Cl. The number of piperidine rings is 2. The first-order chi connectivity index (χ1) is 20.9. The molecule has 0 radical (unpaired) electrons. The monoisotopic (exact) mass is 649 g/mol. The van der Waals surface area contributed by atoms with Crippen LogP contribution < -0.4 is 21.3 Å². The van der Waals surface area contributed by atoms with Crippen LogP contribution in [0.1, 0.15) is 52.4 Å². The van der Waals surface area contributed by atoms with Gasteiger partial charge >= 0.3 is 6.18 Å². The van der Waals surface area contributed by atoms with E-state index in [4.69, 9.17) is 11.6 Å². The van der Waals surface area contributed by atoms with Crippen LogP contribution >= 0.6 is 11.6 Å². The lowest BCUT2D eigenvalue weighted by molar-refractivity contribution is -0.182. The van der Waals surface area contributed by atoms with Crippen molar-refractivity contribution in [1.82, 2.24) is 36.0 Å². The normalized spacial score (nSPS) is 39.5. The highest BCUT2D eigenvalue weighted by Gasteiger charge is 2.53. The summed E-state index contributed by atoms with van der Waals surface area (Å²) in [5.74, 6) is -1.86. The molecule has 1 aliphatic carbocycles. The molecule has 0 bridgehead atoms. The predicted octanol–water partition coefficient (Wildman–Crippen LogP) is 0.00600. The molecule has 10 unspecified atom stereocenters. The van der Waals surface area contributed by atoms with E-state index in [2.05, 4.69) is 26.2 Å². The Kier molecular flexibility index (Phi) is 10.8. The van der Waals surface area contributed by atoms with Crippen LogP contribution in [0, 0.1) is 5.92 Å². The van der Waals surface area contributed by atoms with E-state index in [0.29, 0.717) is 52.1 Å². The summed E-state index contributed by atoms with van der Waals surface area (Å²) in [5, 5.41) is 22.4. The van der Waals surface area contributed by atoms with Gasteiger partial charge in [0.05, 0.1) is 42.2 Å². The number of likely N-dealkylation sites (tertiary alicyclic amines) is 1. The van der Waals surface area contributed by atoms with Gasteiger partial charge in [-0.25, -0.2) is 0 Å². The number of carbonyl (C=O) groups excluding carboxylic acids is 3. The first-order valence-corrected chi connectivity index (χ1v) is 16.6. The standard InChI is InChI=1S/C29H47ClF3N7O4/c1-3-20-25(38-9-11-39(12-10-38)28(44)23-21(41)5-4-8-34-23)26(43)24-27(36-16(2)14-35-24)40(20)15-22(42)37-19-7-6-17(13-18(19)30)29(31,32)33/h16-21,23-25,27,34-36,41H,3-15H2,1-2H3,(H,37,42). The van der Waals surface area contributed by atoms with Crippen molar-refractivity contribution in [3.8, 4) is 0 Å². The Hall–Kier alpha value is -1.55. The Morgan fingerprint density at radius 2 is 1.84 bits per heavy atom. The minimum absolute atomic E-state index is 0.0304. The number of ketones is 1. The topological polar surface area (TPSA) is 129 Å². The molecule has 0 aromatic heterocycles. The van der Waals surface area contributed by atoms with Gasteiger partial charge in [-0.1, -0.05) is 6.92 Å². The summed E-state index contributed by atoms with van der Waals surface area (Å²) in [6, 6.07) is -2.45. The Bertz CT molecular complexity index is 1050. The Labute approximate surface area is 261 Å². The van der Waals surface area contributed by atoms with Gasteiger partial charge in [-0.3, -0.25) is 29.5 Å². The average Bonchev–Trinajstić information content (AvgIpc) is 2.98. The summed E-state index contributed by atoms with van der Waals surface area (Å²) in [5.41, 5.74) is 0. The third kappa shape index (κ3) is 7.21. The van der Waals surface area contributed by atoms with Gasteiger partial charge in [0.1, 0.15) is 6.04 Å². The molecule has 5 fully saturated rings. The van der Waals surface area contributed by atoms with Crippen LogP contribution in [0.3, 0.4) is 0 Å². The summed E-state index contributed by atoms with van der Waals surface area (Å²) in [4.78, 5) is 46.5. The number of nitrogens with zero attached hydrogens (tertiary/aromatic N) is 3. The minimum atomic E-state index is -4.30. The maximum absolute atomic E-state index is 14.0. The van der Waals surface area contributed by atoms with Crippen molar-refractivity contribution in [1.29, 1.82) is 0 Å². The molecule has 4 aliphatic heterocycles. The van der Waals surface area contributed by atoms with E-state index in [9.17, 15) is 32.7 Å². The zero-order chi connectivity index (χ0) is 31.8. The summed E-state index contributed by atoms with van der Waals surface area (Å²) < 4.78 is 39.7. The average molecular weight is 650 g/mol. The molecule has 15 heteroatoms. The number of fused-ring (bicyclic) bond motifs is 1. The second kappa shape index (κ2) is 14.1. The maximum atomic E-state index is 14.0. The van der Waals surface area contributed by atoms with E-state index < -0.39 is 53.9 Å². The van der Waals surface area contributed by atoms with Gasteiger partial charge in [-0.2, -0.15) is 13.2 Å². The molecule has 0 spiro atoms. The summed E-state index contributed by atoms with van der Waals surface area (Å²) >= 11 is 6.34. The van der Waals surface area contributed by atoms with E-state index in [-0.39, 0.29) is 55.5 Å². The molecule has 4 saturated heterocycles. The van der Waals surface area contributed by atoms with Crippen molar-refractivity contribution >= 4 is 29.2 Å². The van der Waals surface area contributed by atoms with E-state index in [0.717, 1.165) is 6.42 Å². The van der Waals surface area contributed by atoms with Gasteiger partial charge in [-0.15, -0.1) is 11.6 Å². The van der Waals surface area contributed by atoms with Crippen LogP contribution in [0.4, 0.5) is 13.2 Å². The molecular weight excluding hydrogens is 603 g/mol. The first kappa shape index (κ1) is 33.8. The smallest absolute Gasteiger partial charge is 0.391 e. The van der Waals surface area contributed by atoms with Crippen LogP contribution in [0.25, 0.3) is 0 Å². The van der Waals surface area contributed by atoms with Crippen LogP contribution in [0.2, 0.25) is 0 Å². The van der Waals surface area contributed by atoms with Gasteiger partial charge in [0.25, 0.3) is 0 Å². The lowest BCUT2D eigenvalue weighted by atomic mass is 9.84. The van der Waals surface area contributed by atoms with Gasteiger partial charge < -0.3 is 26.0 Å². The molecule has 0 aromatic rings. The van der Waals surface area contributed by atoms with Crippen LogP contribution in [0.5, 0.6) is 0 Å². The number of Topliss-reactive ketones (excluding diaryl/α,β-unsaturated/α-hetero) is 1. The fraction of sp³-hybridized carbons (Fsp3) is 0.897. The largest absolute Gasteiger partial charge is 0.391 e. The van der Waals surface area contributed by atoms with Gasteiger partial charge in [0.2, 0.25) is 11.8 Å². The summed E-state index contributed by atoms with van der Waals surface area (Å²) in [7, 11) is 0. The van der Waals surface area contributed by atoms with Crippen molar-refractivity contribution in [3.05, 3.63) is 0 Å². The quantitative estimate of drug-likeness (QED) is 0.253. The number of aliphatic hydroxyl groups is 1. The Morgan fingerprint density at radius 1 is 1.11 bits per heavy atom. The fourth-order valence-electron chi connectivity index (χ4n) is 7.80. The molecule has 5 N–H and O–H groups in total. The van der Waals surface area contributed by atoms with Gasteiger partial charge in [0.15, 0.2) is 5.78 Å². The summed E-state index contributed by atoms with van der Waals surface area (Å²) in [6.07, 6.45) is -3.58. The number of alkyl halides is 4. The van der Waals surface area contributed by atoms with Crippen LogP contribution in [-0.4, -0.2) is 143 Å². The number of piperazine rings is 2. The minimum Gasteiger partial charge on any atom is -0.391 e. The number of carbonyl (C=O) groups is 3. The molecule has 11 nitrogen and oxygen atoms in total. The second-order valence-corrected chi connectivity index (χ2v) is 13.7. The second-order valence-electron chi connectivity index (χ2n) is 13.1. The Balaban J connectivity index is 1.27. The molecule has 2 amide bonds. The Morgan fingerprint density at radius 3 is 2.48 bits per heavy atom. The highest BCUT2D eigenvalue weighted by Crippen LogP contribution is 2.39. The third-order valence-electron chi connectivity index (χ3n) is 10.2. The number of hydrogen-bond acceptors (Lipinski definition) is 9. The van der Waals surface area contributed by atoms with E-state index in [1.165, 1.54) is 0 Å². The molecule has 5 aliphatic rings. The van der Waals surface area contributed by atoms with Gasteiger partial charge in [0, 0.05) is 50.8 Å². The van der Waals surface area contributed by atoms with E-state index >= 15 is 0 Å². The molecule has 250 valence electrons. The highest BCUT2D eigenvalue weighted by atomic mass is 35.5. The van der Waals surface area contributed by atoms with Crippen molar-refractivity contribution < 1.29 is 32.7 Å². The molecule has 5 rings (SSSR count). The first-order valence-electron chi connectivity index (χ1n) is 16.1. The van der Waals surface area contributed by atoms with Gasteiger partial charge in [-0.05, 0) is 52.0 Å². The van der Waals surface area contributed by atoms with E-state index in [1.807, 2.05) is 18.7 Å². The van der Waals surface area contributed by atoms with Crippen molar-refractivity contribution in [3.63, 3.8) is 0 Å². The molecule has 4 heterocycles. The molecule has 1 saturated carbocycles. The van der Waals surface area contributed by atoms with Crippen LogP contribution in [0.15, 0.2) is 0 Å². The van der Waals surface area contributed by atoms with E-state index in [1.54, 1.807) is 4.90 Å². The van der Waals surface area contributed by atoms with Crippen LogP contribution in [-0.2, 0) is 14.4 Å². The fourth-order valence-corrected chi connectivity index (χ4v) is 8.20. The molecular formula is C29H47ClF3N7O4. The van der Waals surface area contributed by atoms with Crippen molar-refractivity contribution in [2.24, 2.45) is 5.92 Å². The number of halogens is 4. The number of hydrogen-bond donors (Lipinski definition) is 5. The van der Waals surface area contributed by atoms with Crippen molar-refractivity contribution in [2.45, 2.75) is 112 Å². The third-order valence-corrected chi connectivity index (χ3v) is 10.7. The maximum Gasteiger partial charge on any atom is 0.391 e. The lowest BCUT2D eigenvalue weighted by Crippen LogP contribution is -2.79. The van der Waals surface area contributed by atoms with Crippen molar-refractivity contribution in [2.75, 3.05) is 45.8 Å². The number of nitrogens with one attached hydrogen (secondary N) is 4. The molecule has 0 aromatic carbocycles. The zero-order valence-corrected chi connectivity index (χ0v) is 26.2.